The van der Waals surface area contributed by atoms with Gasteiger partial charge in [-0.3, -0.25) is 4.79 Å². The fourth-order valence-corrected chi connectivity index (χ4v) is 2.50. The molecule has 0 bridgehead atoms. The van der Waals surface area contributed by atoms with Crippen molar-refractivity contribution in [3.8, 4) is 0 Å². The molecule has 0 aliphatic heterocycles. The fraction of sp³-hybridized carbons (Fsp3) is 0. The summed E-state index contributed by atoms with van der Waals surface area (Å²) in [5.41, 5.74) is 0.218. The summed E-state index contributed by atoms with van der Waals surface area (Å²) in [5.74, 6) is -1.45. The van der Waals surface area contributed by atoms with Crippen LogP contribution in [0.2, 0.25) is 0 Å². The first-order valence-electron chi connectivity index (χ1n) is 4.82. The van der Waals surface area contributed by atoms with Crippen molar-refractivity contribution in [3.63, 3.8) is 0 Å². The molecule has 2 aromatic rings. The van der Waals surface area contributed by atoms with Gasteiger partial charge in [0.15, 0.2) is 0 Å². The van der Waals surface area contributed by atoms with Crippen LogP contribution < -0.4 is 5.32 Å². The number of carboxylic acids is 1. The van der Waals surface area contributed by atoms with Gasteiger partial charge in [0.2, 0.25) is 0 Å². The largest absolute Gasteiger partial charge is 0.477 e. The number of pyridine rings is 1. The molecule has 0 fully saturated rings. The molecule has 2 heterocycles. The predicted molar refractivity (Wildman–Crippen MR) is 71.2 cm³/mol. The van der Waals surface area contributed by atoms with Gasteiger partial charge in [0.25, 0.3) is 5.91 Å². The van der Waals surface area contributed by atoms with Crippen LogP contribution in [0.25, 0.3) is 0 Å². The van der Waals surface area contributed by atoms with E-state index in [0.29, 0.717) is 10.6 Å². The van der Waals surface area contributed by atoms with Crippen LogP contribution in [0, 0.1) is 0 Å². The summed E-state index contributed by atoms with van der Waals surface area (Å²) >= 11 is 4.68. The lowest BCUT2D eigenvalue weighted by molar-refractivity contribution is 0.0690. The molecule has 92 valence electrons. The zero-order valence-corrected chi connectivity index (χ0v) is 11.3. The molecule has 5 nitrogen and oxygen atoms in total. The first-order valence-corrected chi connectivity index (χ1v) is 6.43. The van der Waals surface area contributed by atoms with E-state index in [4.69, 9.17) is 5.11 Å². The van der Waals surface area contributed by atoms with Gasteiger partial charge in [0.05, 0.1) is 14.4 Å². The maximum absolute atomic E-state index is 11.8. The monoisotopic (exact) mass is 326 g/mol. The van der Waals surface area contributed by atoms with Crippen molar-refractivity contribution < 1.29 is 14.7 Å². The summed E-state index contributed by atoms with van der Waals surface area (Å²) < 4.78 is 0.914. The Morgan fingerprint density at radius 1 is 1.28 bits per heavy atom. The SMILES string of the molecule is O=C(Nc1ccc(Br)s1)c1ccc(C(=O)O)nc1. The van der Waals surface area contributed by atoms with Gasteiger partial charge in [-0.05, 0) is 40.2 Å². The second-order valence-electron chi connectivity index (χ2n) is 3.30. The Bertz CT molecular complexity index is 595. The molecule has 0 spiro atoms. The molecule has 0 atom stereocenters. The Balaban J connectivity index is 2.11. The number of aromatic carboxylic acids is 1. The molecule has 18 heavy (non-hydrogen) atoms. The number of rotatable bonds is 3. The number of thiophene rings is 1. The molecule has 1 amide bonds. The Morgan fingerprint density at radius 3 is 2.56 bits per heavy atom. The average molecular weight is 327 g/mol. The molecule has 2 N–H and O–H groups in total. The van der Waals surface area contributed by atoms with Gasteiger partial charge in [0.1, 0.15) is 5.69 Å². The highest BCUT2D eigenvalue weighted by Crippen LogP contribution is 2.26. The van der Waals surface area contributed by atoms with Crippen molar-refractivity contribution in [2.24, 2.45) is 0 Å². The highest BCUT2D eigenvalue weighted by Gasteiger charge is 2.10. The van der Waals surface area contributed by atoms with Crippen LogP contribution in [0.5, 0.6) is 0 Å². The van der Waals surface area contributed by atoms with Crippen molar-refractivity contribution >= 4 is 44.1 Å². The number of hydrogen-bond donors (Lipinski definition) is 2. The third-order valence-corrected chi connectivity index (χ3v) is 3.59. The number of halogens is 1. The van der Waals surface area contributed by atoms with Crippen molar-refractivity contribution in [2.75, 3.05) is 5.32 Å². The number of hydrogen-bond acceptors (Lipinski definition) is 4. The number of nitrogens with zero attached hydrogens (tertiary/aromatic N) is 1. The lowest BCUT2D eigenvalue weighted by atomic mass is 10.2. The maximum Gasteiger partial charge on any atom is 0.354 e. The number of carboxylic acid groups (broad SMARTS) is 1. The van der Waals surface area contributed by atoms with E-state index < -0.39 is 5.97 Å². The van der Waals surface area contributed by atoms with E-state index in [0.717, 1.165) is 3.79 Å². The first kappa shape index (κ1) is 12.7. The topological polar surface area (TPSA) is 79.3 Å². The number of carbonyl (C=O) groups is 2. The third kappa shape index (κ3) is 2.93. The summed E-state index contributed by atoms with van der Waals surface area (Å²) in [4.78, 5) is 26.1. The van der Waals surface area contributed by atoms with Crippen LogP contribution in [-0.2, 0) is 0 Å². The number of amides is 1. The lowest BCUT2D eigenvalue weighted by Gasteiger charge is -2.02. The molecule has 0 aliphatic rings. The summed E-state index contributed by atoms with van der Waals surface area (Å²) in [6, 6.07) is 6.31. The van der Waals surface area contributed by atoms with E-state index >= 15 is 0 Å². The van der Waals surface area contributed by atoms with E-state index in [2.05, 4.69) is 26.2 Å². The summed E-state index contributed by atoms with van der Waals surface area (Å²) in [6.45, 7) is 0. The average Bonchev–Trinajstić information content (AvgIpc) is 2.75. The molecule has 0 saturated heterocycles. The molecule has 0 radical (unpaired) electrons. The maximum atomic E-state index is 11.8. The van der Waals surface area contributed by atoms with Gasteiger partial charge >= 0.3 is 5.97 Å². The van der Waals surface area contributed by atoms with E-state index in [-0.39, 0.29) is 11.6 Å². The summed E-state index contributed by atoms with van der Waals surface area (Å²) in [7, 11) is 0. The zero-order valence-electron chi connectivity index (χ0n) is 8.88. The zero-order chi connectivity index (χ0) is 13.1. The molecule has 2 rings (SSSR count). The summed E-state index contributed by atoms with van der Waals surface area (Å²) in [6.07, 6.45) is 1.24. The van der Waals surface area contributed by atoms with Crippen LogP contribution >= 0.6 is 27.3 Å². The quantitative estimate of drug-likeness (QED) is 0.908. The van der Waals surface area contributed by atoms with Crippen molar-refractivity contribution in [1.29, 1.82) is 0 Å². The van der Waals surface area contributed by atoms with E-state index in [1.54, 1.807) is 6.07 Å². The van der Waals surface area contributed by atoms with Crippen LogP contribution in [0.15, 0.2) is 34.2 Å². The van der Waals surface area contributed by atoms with E-state index in [9.17, 15) is 9.59 Å². The number of aromatic nitrogens is 1. The third-order valence-electron chi connectivity index (χ3n) is 2.05. The van der Waals surface area contributed by atoms with Crippen molar-refractivity contribution in [2.45, 2.75) is 0 Å². The van der Waals surface area contributed by atoms with Crippen molar-refractivity contribution in [1.82, 2.24) is 4.98 Å². The Hall–Kier alpha value is -1.73. The molecule has 2 aromatic heterocycles. The lowest BCUT2D eigenvalue weighted by Crippen LogP contribution is -2.12. The van der Waals surface area contributed by atoms with Crippen LogP contribution in [0.4, 0.5) is 5.00 Å². The molecular weight excluding hydrogens is 320 g/mol. The van der Waals surface area contributed by atoms with E-state index in [1.807, 2.05) is 6.07 Å². The first-order chi connectivity index (χ1) is 8.56. The summed E-state index contributed by atoms with van der Waals surface area (Å²) in [5, 5.41) is 12.1. The minimum Gasteiger partial charge on any atom is -0.477 e. The number of nitrogens with one attached hydrogen (secondary N) is 1. The minimum atomic E-state index is -1.12. The highest BCUT2D eigenvalue weighted by molar-refractivity contribution is 9.11. The van der Waals surface area contributed by atoms with Crippen LogP contribution in [0.1, 0.15) is 20.8 Å². The van der Waals surface area contributed by atoms with Gasteiger partial charge in [-0.15, -0.1) is 11.3 Å². The van der Waals surface area contributed by atoms with Gasteiger partial charge < -0.3 is 10.4 Å². The highest BCUT2D eigenvalue weighted by atomic mass is 79.9. The van der Waals surface area contributed by atoms with Crippen LogP contribution in [0.3, 0.4) is 0 Å². The smallest absolute Gasteiger partial charge is 0.354 e. The van der Waals surface area contributed by atoms with Gasteiger partial charge in [-0.25, -0.2) is 9.78 Å². The number of anilines is 1. The molecular formula is C11H7BrN2O3S. The molecule has 0 aromatic carbocycles. The van der Waals surface area contributed by atoms with Gasteiger partial charge in [-0.2, -0.15) is 0 Å². The van der Waals surface area contributed by atoms with E-state index in [1.165, 1.54) is 29.7 Å². The predicted octanol–water partition coefficient (Wildman–Crippen LogP) is 2.86. The fourth-order valence-electron chi connectivity index (χ4n) is 1.22. The Labute approximate surface area is 115 Å². The van der Waals surface area contributed by atoms with Crippen LogP contribution in [-0.4, -0.2) is 22.0 Å². The second-order valence-corrected chi connectivity index (χ2v) is 5.76. The van der Waals surface area contributed by atoms with Crippen molar-refractivity contribution in [3.05, 3.63) is 45.5 Å². The molecule has 0 unspecified atom stereocenters. The molecule has 0 aliphatic carbocycles. The Kier molecular flexibility index (Phi) is 3.73. The number of carbonyl (C=O) groups excluding carboxylic acids is 1. The molecule has 0 saturated carbocycles. The minimum absolute atomic E-state index is 0.0922. The standard InChI is InChI=1S/C11H7BrN2O3S/c12-8-3-4-9(18-8)14-10(15)6-1-2-7(11(16)17)13-5-6/h1-5H,(H,14,15)(H,16,17). The Morgan fingerprint density at radius 2 is 2.06 bits per heavy atom. The molecule has 7 heteroatoms. The second kappa shape index (κ2) is 5.28. The van der Waals surface area contributed by atoms with Gasteiger partial charge in [0, 0.05) is 6.20 Å². The normalized spacial score (nSPS) is 10.1. The van der Waals surface area contributed by atoms with Gasteiger partial charge in [-0.1, -0.05) is 0 Å².